The van der Waals surface area contributed by atoms with Crippen molar-refractivity contribution >= 4 is 0 Å². The first kappa shape index (κ1) is 11.9. The van der Waals surface area contributed by atoms with E-state index in [-0.39, 0.29) is 6.04 Å². The average molecular weight is 270 g/mol. The van der Waals surface area contributed by atoms with E-state index in [4.69, 9.17) is 15.2 Å². The molecule has 0 fully saturated rings. The molecule has 4 rings (SSSR count). The fourth-order valence-corrected chi connectivity index (χ4v) is 3.32. The van der Waals surface area contributed by atoms with Crippen molar-refractivity contribution in [3.8, 4) is 17.2 Å². The van der Waals surface area contributed by atoms with Crippen LogP contribution in [0.15, 0.2) is 24.3 Å². The van der Waals surface area contributed by atoms with E-state index in [2.05, 4.69) is 29.7 Å². The second-order valence-electron chi connectivity index (χ2n) is 5.56. The van der Waals surface area contributed by atoms with E-state index in [0.29, 0.717) is 6.79 Å². The van der Waals surface area contributed by atoms with Gasteiger partial charge in [0.1, 0.15) is 0 Å². The summed E-state index contributed by atoms with van der Waals surface area (Å²) in [6.07, 6.45) is 3.32. The summed E-state index contributed by atoms with van der Waals surface area (Å²) in [6, 6.07) is 8.51. The molecule has 1 aliphatic carbocycles. The van der Waals surface area contributed by atoms with Gasteiger partial charge in [0.15, 0.2) is 11.5 Å². The van der Waals surface area contributed by atoms with Crippen LogP contribution in [0, 0.1) is 6.92 Å². The van der Waals surface area contributed by atoms with E-state index in [1.54, 1.807) is 0 Å². The smallest absolute Gasteiger partial charge is 0.231 e. The Kier molecular flexibility index (Phi) is 2.54. The first-order valence-electron chi connectivity index (χ1n) is 7.11. The van der Waals surface area contributed by atoms with Gasteiger partial charge < -0.3 is 19.8 Å². The zero-order valence-corrected chi connectivity index (χ0v) is 11.6. The maximum absolute atomic E-state index is 6.24. The summed E-state index contributed by atoms with van der Waals surface area (Å²) in [5.74, 6) is 1.65. The van der Waals surface area contributed by atoms with Crippen LogP contribution in [0.25, 0.3) is 5.69 Å². The normalized spacial score (nSPS) is 20.0. The van der Waals surface area contributed by atoms with E-state index >= 15 is 0 Å². The van der Waals surface area contributed by atoms with Gasteiger partial charge in [-0.05, 0) is 49.9 Å². The van der Waals surface area contributed by atoms with Crippen molar-refractivity contribution < 1.29 is 9.47 Å². The van der Waals surface area contributed by atoms with Crippen LogP contribution >= 0.6 is 0 Å². The molecule has 1 aromatic heterocycles. The quantitative estimate of drug-likeness (QED) is 0.867. The minimum absolute atomic E-state index is 0.174. The minimum atomic E-state index is 0.174. The van der Waals surface area contributed by atoms with Gasteiger partial charge in [-0.1, -0.05) is 0 Å². The Balaban J connectivity index is 1.86. The van der Waals surface area contributed by atoms with Crippen LogP contribution in [0.2, 0.25) is 0 Å². The second-order valence-corrected chi connectivity index (χ2v) is 5.56. The zero-order chi connectivity index (χ0) is 13.7. The Morgan fingerprint density at radius 1 is 1.20 bits per heavy atom. The molecule has 0 radical (unpaired) electrons. The van der Waals surface area contributed by atoms with Crippen molar-refractivity contribution in [2.24, 2.45) is 5.73 Å². The predicted octanol–water partition coefficient (Wildman–Crippen LogP) is 2.85. The number of aryl methyl sites for hydroxylation is 1. The van der Waals surface area contributed by atoms with E-state index in [1.807, 2.05) is 6.07 Å². The summed E-state index contributed by atoms with van der Waals surface area (Å²) < 4.78 is 13.2. The SMILES string of the molecule is Cc1cc2c(n1-c1ccc3c(c1)OCO3)CCCC2N. The van der Waals surface area contributed by atoms with Gasteiger partial charge in [0.2, 0.25) is 6.79 Å². The molecule has 0 saturated heterocycles. The van der Waals surface area contributed by atoms with Gasteiger partial charge in [-0.15, -0.1) is 0 Å². The Morgan fingerprint density at radius 2 is 2.05 bits per heavy atom. The Morgan fingerprint density at radius 3 is 2.95 bits per heavy atom. The Labute approximate surface area is 118 Å². The number of rotatable bonds is 1. The summed E-state index contributed by atoms with van der Waals surface area (Å²) in [7, 11) is 0. The first-order chi connectivity index (χ1) is 9.74. The number of nitrogens with zero attached hydrogens (tertiary/aromatic N) is 1. The number of nitrogens with two attached hydrogens (primary N) is 1. The number of ether oxygens (including phenoxy) is 2. The van der Waals surface area contributed by atoms with Crippen molar-refractivity contribution in [1.82, 2.24) is 4.57 Å². The molecule has 2 N–H and O–H groups in total. The van der Waals surface area contributed by atoms with Gasteiger partial charge in [0.25, 0.3) is 0 Å². The van der Waals surface area contributed by atoms with Gasteiger partial charge in [-0.2, -0.15) is 0 Å². The molecule has 4 heteroatoms. The Bertz CT molecular complexity index is 675. The molecule has 1 unspecified atom stereocenters. The van der Waals surface area contributed by atoms with Crippen LogP contribution in [0.4, 0.5) is 0 Å². The molecule has 2 aromatic rings. The van der Waals surface area contributed by atoms with E-state index in [0.717, 1.165) is 36.4 Å². The number of benzene rings is 1. The van der Waals surface area contributed by atoms with Gasteiger partial charge in [-0.3, -0.25) is 0 Å². The fourth-order valence-electron chi connectivity index (χ4n) is 3.32. The van der Waals surface area contributed by atoms with E-state index < -0.39 is 0 Å². The third-order valence-corrected chi connectivity index (χ3v) is 4.26. The molecule has 104 valence electrons. The summed E-state index contributed by atoms with van der Waals surface area (Å²) in [4.78, 5) is 0. The van der Waals surface area contributed by atoms with Gasteiger partial charge >= 0.3 is 0 Å². The maximum atomic E-state index is 6.24. The molecule has 1 aliphatic heterocycles. The lowest BCUT2D eigenvalue weighted by atomic mass is 9.93. The second kappa shape index (κ2) is 4.28. The summed E-state index contributed by atoms with van der Waals surface area (Å²) in [5, 5.41) is 0. The molecule has 0 bridgehead atoms. The standard InChI is InChI=1S/C16H18N2O2/c1-10-7-12-13(17)3-2-4-14(12)18(10)11-5-6-15-16(8-11)20-9-19-15/h5-8,13H,2-4,9,17H2,1H3. The van der Waals surface area contributed by atoms with Crippen LogP contribution in [0.5, 0.6) is 11.5 Å². The van der Waals surface area contributed by atoms with Crippen molar-refractivity contribution in [3.05, 3.63) is 41.2 Å². The molecule has 1 aromatic carbocycles. The molecule has 20 heavy (non-hydrogen) atoms. The highest BCUT2D eigenvalue weighted by Gasteiger charge is 2.23. The van der Waals surface area contributed by atoms with Crippen LogP contribution < -0.4 is 15.2 Å². The monoisotopic (exact) mass is 270 g/mol. The van der Waals surface area contributed by atoms with Crippen molar-refractivity contribution in [2.75, 3.05) is 6.79 Å². The third-order valence-electron chi connectivity index (χ3n) is 4.26. The van der Waals surface area contributed by atoms with E-state index in [9.17, 15) is 0 Å². The fraction of sp³-hybridized carbons (Fsp3) is 0.375. The van der Waals surface area contributed by atoms with E-state index in [1.165, 1.54) is 17.0 Å². The first-order valence-corrected chi connectivity index (χ1v) is 7.11. The van der Waals surface area contributed by atoms with Crippen LogP contribution in [-0.4, -0.2) is 11.4 Å². The Hall–Kier alpha value is -1.94. The summed E-state index contributed by atoms with van der Waals surface area (Å²) >= 11 is 0. The molecular formula is C16H18N2O2. The molecule has 0 amide bonds. The van der Waals surface area contributed by atoms with Crippen LogP contribution in [-0.2, 0) is 6.42 Å². The van der Waals surface area contributed by atoms with Crippen LogP contribution in [0.1, 0.15) is 35.8 Å². The maximum Gasteiger partial charge on any atom is 0.231 e. The van der Waals surface area contributed by atoms with Crippen molar-refractivity contribution in [1.29, 1.82) is 0 Å². The largest absolute Gasteiger partial charge is 0.454 e. The molecule has 4 nitrogen and oxygen atoms in total. The molecule has 2 heterocycles. The lowest BCUT2D eigenvalue weighted by Crippen LogP contribution is -2.17. The number of hydrogen-bond acceptors (Lipinski definition) is 3. The summed E-state index contributed by atoms with van der Waals surface area (Å²) in [5.41, 5.74) is 11.2. The van der Waals surface area contributed by atoms with Crippen molar-refractivity contribution in [2.45, 2.75) is 32.2 Å². The number of aromatic nitrogens is 1. The highest BCUT2D eigenvalue weighted by molar-refractivity contribution is 5.52. The van der Waals surface area contributed by atoms with Crippen molar-refractivity contribution in [3.63, 3.8) is 0 Å². The summed E-state index contributed by atoms with van der Waals surface area (Å²) in [6.45, 7) is 2.45. The highest BCUT2D eigenvalue weighted by atomic mass is 16.7. The number of hydrogen-bond donors (Lipinski definition) is 1. The average Bonchev–Trinajstić information content (AvgIpc) is 3.02. The van der Waals surface area contributed by atoms with Gasteiger partial charge in [0, 0.05) is 29.2 Å². The molecule has 0 spiro atoms. The zero-order valence-electron chi connectivity index (χ0n) is 11.6. The topological polar surface area (TPSA) is 49.4 Å². The predicted molar refractivity (Wildman–Crippen MR) is 76.5 cm³/mol. The van der Waals surface area contributed by atoms with Gasteiger partial charge in [-0.25, -0.2) is 0 Å². The molecule has 2 aliphatic rings. The third kappa shape index (κ3) is 1.64. The van der Waals surface area contributed by atoms with Crippen LogP contribution in [0.3, 0.4) is 0 Å². The minimum Gasteiger partial charge on any atom is -0.454 e. The lowest BCUT2D eigenvalue weighted by Gasteiger charge is -2.21. The molecular weight excluding hydrogens is 252 g/mol. The highest BCUT2D eigenvalue weighted by Crippen LogP contribution is 2.37. The number of fused-ring (bicyclic) bond motifs is 2. The lowest BCUT2D eigenvalue weighted by molar-refractivity contribution is 0.174. The molecule has 1 atom stereocenters. The molecule has 0 saturated carbocycles. The van der Waals surface area contributed by atoms with Gasteiger partial charge in [0.05, 0.1) is 0 Å².